The van der Waals surface area contributed by atoms with Gasteiger partial charge in [-0.1, -0.05) is 11.2 Å². The van der Waals surface area contributed by atoms with E-state index in [-0.39, 0.29) is 11.8 Å². The van der Waals surface area contributed by atoms with Crippen molar-refractivity contribution in [2.24, 2.45) is 0 Å². The summed E-state index contributed by atoms with van der Waals surface area (Å²) in [6, 6.07) is 10.6. The first-order valence-electron chi connectivity index (χ1n) is 10.2. The first-order valence-corrected chi connectivity index (χ1v) is 11.2. The molecule has 0 atom stereocenters. The highest BCUT2D eigenvalue weighted by Gasteiger charge is 2.20. The van der Waals surface area contributed by atoms with E-state index in [0.29, 0.717) is 27.6 Å². The number of aromatic nitrogens is 2. The van der Waals surface area contributed by atoms with Crippen molar-refractivity contribution in [3.8, 4) is 0 Å². The van der Waals surface area contributed by atoms with E-state index in [2.05, 4.69) is 15.5 Å². The van der Waals surface area contributed by atoms with Gasteiger partial charge in [0.1, 0.15) is 10.8 Å². The van der Waals surface area contributed by atoms with Crippen molar-refractivity contribution in [1.82, 2.24) is 15.0 Å². The van der Waals surface area contributed by atoms with Gasteiger partial charge in [-0.05, 0) is 57.0 Å². The SMILES string of the molecule is Cc1noc(C)c1CSc1ncccc1C(=O)Nc1cccc(C(=O)N2CCCC2)c1. The number of anilines is 1. The van der Waals surface area contributed by atoms with Crippen LogP contribution in [0.25, 0.3) is 0 Å². The normalized spacial score (nSPS) is 13.4. The molecule has 2 aromatic heterocycles. The van der Waals surface area contributed by atoms with Crippen LogP contribution in [-0.4, -0.2) is 39.9 Å². The molecule has 31 heavy (non-hydrogen) atoms. The fraction of sp³-hybridized carbons (Fsp3) is 0.304. The largest absolute Gasteiger partial charge is 0.361 e. The van der Waals surface area contributed by atoms with Gasteiger partial charge in [0.2, 0.25) is 0 Å². The number of nitrogens with zero attached hydrogens (tertiary/aromatic N) is 3. The second-order valence-electron chi connectivity index (χ2n) is 7.48. The molecule has 160 valence electrons. The maximum atomic E-state index is 13.0. The van der Waals surface area contributed by atoms with Crippen molar-refractivity contribution in [3.63, 3.8) is 0 Å². The number of pyridine rings is 1. The number of thioether (sulfide) groups is 1. The summed E-state index contributed by atoms with van der Waals surface area (Å²) in [5.41, 5.74) is 3.50. The van der Waals surface area contributed by atoms with Crippen molar-refractivity contribution >= 4 is 29.3 Å². The Labute approximate surface area is 185 Å². The Balaban J connectivity index is 1.48. The predicted molar refractivity (Wildman–Crippen MR) is 119 cm³/mol. The lowest BCUT2D eigenvalue weighted by molar-refractivity contribution is 0.0792. The predicted octanol–water partition coefficient (Wildman–Crippen LogP) is 4.47. The molecular weight excluding hydrogens is 412 g/mol. The Morgan fingerprint density at radius 2 is 1.97 bits per heavy atom. The van der Waals surface area contributed by atoms with Gasteiger partial charge in [-0.25, -0.2) is 4.98 Å². The molecule has 2 amide bonds. The van der Waals surface area contributed by atoms with Crippen LogP contribution in [0.5, 0.6) is 0 Å². The summed E-state index contributed by atoms with van der Waals surface area (Å²) in [6.07, 6.45) is 3.75. The Kier molecular flexibility index (Phi) is 6.36. The van der Waals surface area contributed by atoms with E-state index in [1.807, 2.05) is 18.7 Å². The third-order valence-corrected chi connectivity index (χ3v) is 6.34. The molecule has 3 aromatic rings. The molecule has 1 saturated heterocycles. The van der Waals surface area contributed by atoms with Gasteiger partial charge in [0, 0.05) is 41.9 Å². The second kappa shape index (κ2) is 9.34. The number of carbonyl (C=O) groups excluding carboxylic acids is 2. The van der Waals surface area contributed by atoms with Crippen LogP contribution >= 0.6 is 11.8 Å². The van der Waals surface area contributed by atoms with Crippen LogP contribution in [0.1, 0.15) is 50.6 Å². The third-order valence-electron chi connectivity index (χ3n) is 5.31. The minimum atomic E-state index is -0.264. The molecule has 0 aliphatic carbocycles. The molecular formula is C23H24N4O3S. The summed E-state index contributed by atoms with van der Waals surface area (Å²) in [7, 11) is 0. The van der Waals surface area contributed by atoms with E-state index in [4.69, 9.17) is 4.52 Å². The number of likely N-dealkylation sites (tertiary alicyclic amines) is 1. The standard InChI is InChI=1S/C23H24N4O3S/c1-15-20(16(2)30-26-15)14-31-22-19(9-6-10-24-22)21(28)25-18-8-5-7-17(13-18)23(29)27-11-3-4-12-27/h5-10,13H,3-4,11-12,14H2,1-2H3,(H,25,28). The molecule has 1 N–H and O–H groups in total. The Hall–Kier alpha value is -3.13. The first kappa shape index (κ1) is 21.1. The second-order valence-corrected chi connectivity index (χ2v) is 8.45. The number of benzene rings is 1. The molecule has 7 nitrogen and oxygen atoms in total. The van der Waals surface area contributed by atoms with Crippen LogP contribution in [0.3, 0.4) is 0 Å². The van der Waals surface area contributed by atoms with Gasteiger partial charge in [0.25, 0.3) is 11.8 Å². The summed E-state index contributed by atoms with van der Waals surface area (Å²) in [5, 5.41) is 7.51. The van der Waals surface area contributed by atoms with Crippen molar-refractivity contribution in [2.75, 3.05) is 18.4 Å². The zero-order chi connectivity index (χ0) is 21.8. The minimum absolute atomic E-state index is 0.00526. The van der Waals surface area contributed by atoms with Crippen molar-refractivity contribution < 1.29 is 14.1 Å². The van der Waals surface area contributed by atoms with Crippen molar-refractivity contribution in [2.45, 2.75) is 37.5 Å². The number of amides is 2. The molecule has 1 fully saturated rings. The van der Waals surface area contributed by atoms with Gasteiger partial charge >= 0.3 is 0 Å². The number of aryl methyl sites for hydroxylation is 2. The van der Waals surface area contributed by atoms with Gasteiger partial charge in [0.05, 0.1) is 11.3 Å². The summed E-state index contributed by atoms with van der Waals surface area (Å²) in [5.74, 6) is 1.12. The van der Waals surface area contributed by atoms with E-state index in [9.17, 15) is 9.59 Å². The van der Waals surface area contributed by atoms with Crippen LogP contribution in [0.2, 0.25) is 0 Å². The van der Waals surface area contributed by atoms with E-state index >= 15 is 0 Å². The number of rotatable bonds is 6. The maximum Gasteiger partial charge on any atom is 0.258 e. The zero-order valence-corrected chi connectivity index (χ0v) is 18.4. The van der Waals surface area contributed by atoms with Gasteiger partial charge in [0.15, 0.2) is 0 Å². The topological polar surface area (TPSA) is 88.3 Å². The van der Waals surface area contributed by atoms with E-state index in [1.54, 1.807) is 42.6 Å². The average molecular weight is 437 g/mol. The lowest BCUT2D eigenvalue weighted by Crippen LogP contribution is -2.27. The molecule has 0 saturated carbocycles. The fourth-order valence-corrected chi connectivity index (χ4v) is 4.70. The van der Waals surface area contributed by atoms with Gasteiger partial charge in [-0.15, -0.1) is 11.8 Å². The van der Waals surface area contributed by atoms with Crippen LogP contribution < -0.4 is 5.32 Å². The molecule has 1 aromatic carbocycles. The van der Waals surface area contributed by atoms with E-state index < -0.39 is 0 Å². The highest BCUT2D eigenvalue weighted by Crippen LogP contribution is 2.28. The quantitative estimate of drug-likeness (QED) is 0.574. The van der Waals surface area contributed by atoms with Crippen LogP contribution in [-0.2, 0) is 5.75 Å². The highest BCUT2D eigenvalue weighted by molar-refractivity contribution is 7.98. The van der Waals surface area contributed by atoms with Gasteiger partial charge in [-0.2, -0.15) is 0 Å². The summed E-state index contributed by atoms with van der Waals surface area (Å²) in [6.45, 7) is 5.35. The van der Waals surface area contributed by atoms with Crippen LogP contribution in [0.15, 0.2) is 52.1 Å². The van der Waals surface area contributed by atoms with Crippen LogP contribution in [0, 0.1) is 13.8 Å². The summed E-state index contributed by atoms with van der Waals surface area (Å²) in [4.78, 5) is 31.9. The van der Waals surface area contributed by atoms with E-state index in [0.717, 1.165) is 42.9 Å². The molecule has 4 rings (SSSR count). The number of carbonyl (C=O) groups is 2. The Morgan fingerprint density at radius 1 is 1.16 bits per heavy atom. The van der Waals surface area contributed by atoms with Crippen LogP contribution in [0.4, 0.5) is 5.69 Å². The molecule has 1 aliphatic rings. The molecule has 8 heteroatoms. The molecule has 1 aliphatic heterocycles. The van der Waals surface area contributed by atoms with E-state index in [1.165, 1.54) is 11.8 Å². The Morgan fingerprint density at radius 3 is 2.71 bits per heavy atom. The summed E-state index contributed by atoms with van der Waals surface area (Å²) >= 11 is 1.46. The number of hydrogen-bond acceptors (Lipinski definition) is 6. The zero-order valence-electron chi connectivity index (χ0n) is 17.6. The molecule has 0 unspecified atom stereocenters. The fourth-order valence-electron chi connectivity index (χ4n) is 3.56. The maximum absolute atomic E-state index is 13.0. The number of nitrogens with one attached hydrogen (secondary N) is 1. The van der Waals surface area contributed by atoms with Gasteiger partial charge < -0.3 is 14.7 Å². The molecule has 0 radical (unpaired) electrons. The molecule has 3 heterocycles. The first-order chi connectivity index (χ1) is 15.0. The van der Waals surface area contributed by atoms with Crippen molar-refractivity contribution in [3.05, 3.63) is 70.7 Å². The third kappa shape index (κ3) is 4.80. The lowest BCUT2D eigenvalue weighted by atomic mass is 10.1. The molecule has 0 spiro atoms. The minimum Gasteiger partial charge on any atom is -0.361 e. The average Bonchev–Trinajstić information content (AvgIpc) is 3.42. The van der Waals surface area contributed by atoms with Crippen molar-refractivity contribution in [1.29, 1.82) is 0 Å². The smallest absolute Gasteiger partial charge is 0.258 e. The number of hydrogen-bond donors (Lipinski definition) is 1. The Bertz CT molecular complexity index is 1090. The van der Waals surface area contributed by atoms with Gasteiger partial charge in [-0.3, -0.25) is 9.59 Å². The summed E-state index contributed by atoms with van der Waals surface area (Å²) < 4.78 is 5.21. The monoisotopic (exact) mass is 436 g/mol. The highest BCUT2D eigenvalue weighted by atomic mass is 32.2. The molecule has 0 bridgehead atoms. The lowest BCUT2D eigenvalue weighted by Gasteiger charge is -2.16.